The summed E-state index contributed by atoms with van der Waals surface area (Å²) in [4.78, 5) is 4.35. The molecule has 3 N–H and O–H groups in total. The van der Waals surface area contributed by atoms with Gasteiger partial charge in [0.15, 0.2) is 0 Å². The fourth-order valence-electron chi connectivity index (χ4n) is 3.91. The highest BCUT2D eigenvalue weighted by Gasteiger charge is 2.48. The molecule has 2 atom stereocenters. The molecule has 0 spiro atoms. The second-order valence-corrected chi connectivity index (χ2v) is 10.7. The van der Waals surface area contributed by atoms with Crippen molar-refractivity contribution < 1.29 is 8.94 Å². The average Bonchev–Trinajstić information content (AvgIpc) is 3.46. The molecule has 28 heavy (non-hydrogen) atoms. The molecule has 1 heterocycles. The number of nitrogens with one attached hydrogen (secondary N) is 1. The normalized spacial score (nSPS) is 17.9. The maximum absolute atomic E-state index is 13.9. The lowest BCUT2D eigenvalue weighted by Crippen LogP contribution is -2.42. The summed E-state index contributed by atoms with van der Waals surface area (Å²) in [6, 6.07) is 9.23. The first-order valence-electron chi connectivity index (χ1n) is 9.78. The lowest BCUT2D eigenvalue weighted by Gasteiger charge is -2.36. The van der Waals surface area contributed by atoms with E-state index >= 15 is 0 Å². The zero-order valence-corrected chi connectivity index (χ0v) is 17.9. The summed E-state index contributed by atoms with van der Waals surface area (Å²) in [5, 5.41) is 0. The number of aryl methyl sites for hydroxylation is 1. The molecular weight excluding hydrogens is 373 g/mol. The number of aromatic nitrogens is 1. The largest absolute Gasteiger partial charge is 0.598 e. The van der Waals surface area contributed by atoms with Crippen LogP contribution < -0.4 is 10.5 Å². The summed E-state index contributed by atoms with van der Waals surface area (Å²) in [6.45, 7) is 8.44. The van der Waals surface area contributed by atoms with Gasteiger partial charge < -0.3 is 10.3 Å². The van der Waals surface area contributed by atoms with Crippen molar-refractivity contribution in [1.82, 2.24) is 9.71 Å². The third-order valence-electron chi connectivity index (χ3n) is 5.51. The van der Waals surface area contributed by atoms with E-state index in [4.69, 9.17) is 5.73 Å². The van der Waals surface area contributed by atoms with Crippen molar-refractivity contribution in [2.75, 3.05) is 12.3 Å². The summed E-state index contributed by atoms with van der Waals surface area (Å²) in [7, 11) is 0. The number of anilines is 1. The van der Waals surface area contributed by atoms with Crippen LogP contribution in [-0.4, -0.2) is 20.8 Å². The molecule has 1 aromatic carbocycles. The van der Waals surface area contributed by atoms with Crippen LogP contribution in [-0.2, 0) is 16.8 Å². The van der Waals surface area contributed by atoms with E-state index in [2.05, 4.69) is 15.8 Å². The summed E-state index contributed by atoms with van der Waals surface area (Å²) < 4.78 is 29.2. The predicted molar refractivity (Wildman–Crippen MR) is 114 cm³/mol. The molecule has 1 fully saturated rings. The highest BCUT2D eigenvalue weighted by Crippen LogP contribution is 2.53. The van der Waals surface area contributed by atoms with Crippen molar-refractivity contribution in [3.05, 3.63) is 59.2 Å². The number of pyridine rings is 1. The Bertz CT molecular complexity index is 835. The smallest absolute Gasteiger partial charge is 0.146 e. The molecule has 2 aromatic rings. The van der Waals surface area contributed by atoms with Gasteiger partial charge in [0.1, 0.15) is 10.6 Å². The van der Waals surface area contributed by atoms with Crippen molar-refractivity contribution in [2.45, 2.75) is 57.1 Å². The van der Waals surface area contributed by atoms with Crippen LogP contribution in [0.5, 0.6) is 0 Å². The van der Waals surface area contributed by atoms with Crippen LogP contribution in [0.4, 0.5) is 10.1 Å². The Labute approximate surface area is 170 Å². The second kappa shape index (κ2) is 8.01. The van der Waals surface area contributed by atoms with Gasteiger partial charge in [0, 0.05) is 35.2 Å². The number of halogens is 1. The van der Waals surface area contributed by atoms with E-state index in [9.17, 15) is 8.94 Å². The summed E-state index contributed by atoms with van der Waals surface area (Å²) >= 11 is -1.14. The Morgan fingerprint density at radius 3 is 2.46 bits per heavy atom. The Morgan fingerprint density at radius 1 is 1.21 bits per heavy atom. The van der Waals surface area contributed by atoms with Gasteiger partial charge in [0.2, 0.25) is 0 Å². The minimum Gasteiger partial charge on any atom is -0.598 e. The fraction of sp³-hybridized carbons (Fsp3) is 0.500. The Morgan fingerprint density at radius 2 is 1.89 bits per heavy atom. The number of nitrogen functional groups attached to an aromatic ring is 1. The first-order chi connectivity index (χ1) is 13.1. The summed E-state index contributed by atoms with van der Waals surface area (Å²) in [6.07, 6.45) is 4.81. The van der Waals surface area contributed by atoms with Gasteiger partial charge in [0.25, 0.3) is 0 Å². The third kappa shape index (κ3) is 4.34. The number of hydrogen-bond donors (Lipinski definition) is 2. The lowest BCUT2D eigenvalue weighted by atomic mass is 9.68. The van der Waals surface area contributed by atoms with Crippen molar-refractivity contribution in [2.24, 2.45) is 5.92 Å². The van der Waals surface area contributed by atoms with E-state index in [0.29, 0.717) is 12.5 Å². The Hall–Kier alpha value is -1.63. The molecule has 6 heteroatoms. The lowest BCUT2D eigenvalue weighted by molar-refractivity contribution is 0.409. The number of nitrogens with zero attached hydrogens (tertiary/aromatic N) is 1. The van der Waals surface area contributed by atoms with Crippen LogP contribution in [0.2, 0.25) is 0 Å². The van der Waals surface area contributed by atoms with Gasteiger partial charge in [-0.2, -0.15) is 0 Å². The van der Waals surface area contributed by atoms with Gasteiger partial charge in [-0.3, -0.25) is 4.98 Å². The maximum Gasteiger partial charge on any atom is 0.146 e. The van der Waals surface area contributed by atoms with E-state index in [1.807, 2.05) is 46.0 Å². The van der Waals surface area contributed by atoms with Crippen molar-refractivity contribution in [3.8, 4) is 0 Å². The quantitative estimate of drug-likeness (QED) is 0.535. The standard InChI is InChI=1S/C22H30FN3OS/c1-15-13-18(9-11-25-15)22(16-5-6-16,10-12-26-28(27)21(2,3)4)17-7-8-19(23)20(24)14-17/h7-9,11,13-14,16,26H,5-6,10,12,24H2,1-4H3/t22-,28?/m0/s1. The minimum atomic E-state index is -1.14. The van der Waals surface area contributed by atoms with Crippen LogP contribution in [0.15, 0.2) is 36.5 Å². The third-order valence-corrected chi connectivity index (χ3v) is 7.08. The van der Waals surface area contributed by atoms with Crippen molar-refractivity contribution >= 4 is 17.0 Å². The molecule has 1 saturated carbocycles. The SMILES string of the molecule is Cc1cc([C@](CCN[S+]([O-])C(C)(C)C)(c2ccc(F)c(N)c2)C2CC2)ccn1. The Kier molecular flexibility index (Phi) is 6.03. The van der Waals surface area contributed by atoms with E-state index in [-0.39, 0.29) is 15.8 Å². The van der Waals surface area contributed by atoms with Crippen LogP contribution in [0.1, 0.15) is 56.9 Å². The van der Waals surface area contributed by atoms with E-state index in [1.165, 1.54) is 6.07 Å². The fourth-order valence-corrected chi connectivity index (χ4v) is 4.63. The number of hydrogen-bond acceptors (Lipinski definition) is 4. The monoisotopic (exact) mass is 403 g/mol. The van der Waals surface area contributed by atoms with Gasteiger partial charge in [-0.1, -0.05) is 6.07 Å². The van der Waals surface area contributed by atoms with Gasteiger partial charge in [0.05, 0.1) is 5.69 Å². The van der Waals surface area contributed by atoms with Gasteiger partial charge in [-0.05, 0) is 88.3 Å². The van der Waals surface area contributed by atoms with Crippen LogP contribution in [0.25, 0.3) is 0 Å². The van der Waals surface area contributed by atoms with Gasteiger partial charge in [-0.25, -0.2) is 4.39 Å². The molecule has 1 aromatic heterocycles. The molecule has 152 valence electrons. The molecule has 4 nitrogen and oxygen atoms in total. The van der Waals surface area contributed by atoms with E-state index < -0.39 is 17.2 Å². The van der Waals surface area contributed by atoms with Crippen molar-refractivity contribution in [3.63, 3.8) is 0 Å². The second-order valence-electron chi connectivity index (χ2n) is 8.69. The first-order valence-corrected chi connectivity index (χ1v) is 10.9. The molecule has 3 rings (SSSR count). The molecule has 0 radical (unpaired) electrons. The molecule has 1 aliphatic carbocycles. The first kappa shape index (κ1) is 21.1. The highest BCUT2D eigenvalue weighted by atomic mass is 32.2. The highest BCUT2D eigenvalue weighted by molar-refractivity contribution is 7.90. The molecule has 0 bridgehead atoms. The van der Waals surface area contributed by atoms with Crippen LogP contribution in [0.3, 0.4) is 0 Å². The number of nitrogens with two attached hydrogens (primary N) is 1. The molecule has 0 amide bonds. The average molecular weight is 404 g/mol. The summed E-state index contributed by atoms with van der Waals surface area (Å²) in [5.74, 6) is 0.0513. The maximum atomic E-state index is 13.9. The molecule has 1 aliphatic rings. The molecule has 0 saturated heterocycles. The van der Waals surface area contributed by atoms with Crippen LogP contribution >= 0.6 is 0 Å². The van der Waals surface area contributed by atoms with Gasteiger partial charge >= 0.3 is 0 Å². The molecular formula is C22H30FN3OS. The van der Waals surface area contributed by atoms with Crippen molar-refractivity contribution in [1.29, 1.82) is 0 Å². The van der Waals surface area contributed by atoms with E-state index in [0.717, 1.165) is 36.1 Å². The topological polar surface area (TPSA) is 74.0 Å². The predicted octanol–water partition coefficient (Wildman–Crippen LogP) is 4.25. The van der Waals surface area contributed by atoms with E-state index in [1.54, 1.807) is 6.07 Å². The number of benzene rings is 1. The van der Waals surface area contributed by atoms with Gasteiger partial charge in [-0.15, -0.1) is 4.72 Å². The summed E-state index contributed by atoms with van der Waals surface area (Å²) in [5.41, 5.74) is 8.92. The molecule has 0 aliphatic heterocycles. The zero-order chi connectivity index (χ0) is 20.5. The molecule has 1 unspecified atom stereocenters. The minimum absolute atomic E-state index is 0.166. The zero-order valence-electron chi connectivity index (χ0n) is 17.1. The van der Waals surface area contributed by atoms with Crippen LogP contribution in [0, 0.1) is 18.7 Å². The number of rotatable bonds is 7. The Balaban J connectivity index is 2.00.